The molecule has 0 amide bonds. The first-order valence-corrected chi connectivity index (χ1v) is 7.64. The summed E-state index contributed by atoms with van der Waals surface area (Å²) in [6.45, 7) is 4.37. The van der Waals surface area contributed by atoms with Gasteiger partial charge in [-0.1, -0.05) is 12.1 Å². The number of nitrogens with zero attached hydrogens (tertiary/aromatic N) is 1. The van der Waals surface area contributed by atoms with Gasteiger partial charge >= 0.3 is 0 Å². The molecule has 0 fully saturated rings. The summed E-state index contributed by atoms with van der Waals surface area (Å²) in [4.78, 5) is 4.20. The van der Waals surface area contributed by atoms with Crippen LogP contribution in [0.3, 0.4) is 0 Å². The third-order valence-corrected chi connectivity index (χ3v) is 3.31. The Labute approximate surface area is 133 Å². The minimum atomic E-state index is -0.594. The Morgan fingerprint density at radius 1 is 1.19 bits per heavy atom. The molecule has 1 atom stereocenters. The van der Waals surface area contributed by atoms with Gasteiger partial charge in [0, 0.05) is 17.2 Å². The molecular weight excluding hydrogens is 332 g/mol. The number of nitrogens with one attached hydrogen (secondary N) is 1. The maximum atomic E-state index is 10.2. The average Bonchev–Trinajstić information content (AvgIpc) is 2.46. The van der Waals surface area contributed by atoms with Crippen molar-refractivity contribution in [3.8, 4) is 5.75 Å². The second-order valence-corrected chi connectivity index (χ2v) is 5.91. The normalized spacial score (nSPS) is 12.2. The number of aliphatic hydroxyl groups excluding tert-OH is 1. The van der Waals surface area contributed by atoms with Gasteiger partial charge in [0.05, 0.1) is 12.2 Å². The zero-order chi connectivity index (χ0) is 15.2. The predicted octanol–water partition coefficient (Wildman–Crippen LogP) is 3.78. The van der Waals surface area contributed by atoms with Crippen LogP contribution in [0.1, 0.15) is 25.5 Å². The lowest BCUT2D eigenvalue weighted by molar-refractivity contribution is 0.191. The Balaban J connectivity index is 1.90. The summed E-state index contributed by atoms with van der Waals surface area (Å²) in [5, 5.41) is 13.3. The second-order valence-electron chi connectivity index (χ2n) is 4.99. The molecule has 0 aliphatic rings. The average molecular weight is 351 g/mol. The maximum absolute atomic E-state index is 10.2. The van der Waals surface area contributed by atoms with Crippen LogP contribution in [-0.2, 0) is 0 Å². The molecular formula is C16H19BrN2O2. The quantitative estimate of drug-likeness (QED) is 0.832. The molecule has 1 heterocycles. The molecule has 0 aliphatic heterocycles. The number of halogens is 1. The topological polar surface area (TPSA) is 54.4 Å². The lowest BCUT2D eigenvalue weighted by atomic mass is 10.1. The number of benzene rings is 1. The van der Waals surface area contributed by atoms with Gasteiger partial charge in [0.25, 0.3) is 0 Å². The van der Waals surface area contributed by atoms with Crippen LogP contribution in [0.15, 0.2) is 47.1 Å². The lowest BCUT2D eigenvalue weighted by Gasteiger charge is -2.14. The van der Waals surface area contributed by atoms with Gasteiger partial charge in [0.2, 0.25) is 0 Å². The molecule has 21 heavy (non-hydrogen) atoms. The molecule has 0 bridgehead atoms. The Bertz CT molecular complexity index is 555. The van der Waals surface area contributed by atoms with Gasteiger partial charge in [0.15, 0.2) is 0 Å². The molecule has 1 unspecified atom stereocenters. The SMILES string of the molecule is CC(C)Oc1ccc(C(O)CNc2ccc(Br)cn2)cc1. The number of rotatable bonds is 6. The molecule has 0 aliphatic carbocycles. The summed E-state index contributed by atoms with van der Waals surface area (Å²) >= 11 is 3.33. The Morgan fingerprint density at radius 3 is 2.48 bits per heavy atom. The van der Waals surface area contributed by atoms with Gasteiger partial charge < -0.3 is 15.2 Å². The molecule has 2 N–H and O–H groups in total. The van der Waals surface area contributed by atoms with Crippen molar-refractivity contribution in [2.45, 2.75) is 26.1 Å². The minimum Gasteiger partial charge on any atom is -0.491 e. The molecule has 0 spiro atoms. The molecule has 4 nitrogen and oxygen atoms in total. The summed E-state index contributed by atoms with van der Waals surface area (Å²) in [6.07, 6.45) is 1.27. The minimum absolute atomic E-state index is 0.144. The molecule has 2 aromatic rings. The number of anilines is 1. The van der Waals surface area contributed by atoms with Crippen molar-refractivity contribution in [3.63, 3.8) is 0 Å². The van der Waals surface area contributed by atoms with Gasteiger partial charge in [0.1, 0.15) is 11.6 Å². The van der Waals surface area contributed by atoms with E-state index in [-0.39, 0.29) is 6.10 Å². The fraction of sp³-hybridized carbons (Fsp3) is 0.312. The van der Waals surface area contributed by atoms with Crippen LogP contribution in [-0.4, -0.2) is 22.7 Å². The van der Waals surface area contributed by atoms with Crippen LogP contribution in [0.25, 0.3) is 0 Å². The summed E-state index contributed by atoms with van der Waals surface area (Å²) in [5.41, 5.74) is 0.843. The largest absolute Gasteiger partial charge is 0.491 e. The molecule has 112 valence electrons. The van der Waals surface area contributed by atoms with Crippen molar-refractivity contribution in [1.29, 1.82) is 0 Å². The standard InChI is InChI=1S/C16H19BrN2O2/c1-11(2)21-14-6-3-12(4-7-14)15(20)10-19-16-8-5-13(17)9-18-16/h3-9,11,15,20H,10H2,1-2H3,(H,18,19). The monoisotopic (exact) mass is 350 g/mol. The molecule has 0 saturated heterocycles. The van der Waals surface area contributed by atoms with E-state index in [1.165, 1.54) is 0 Å². The summed E-state index contributed by atoms with van der Waals surface area (Å²) < 4.78 is 6.50. The predicted molar refractivity (Wildman–Crippen MR) is 87.6 cm³/mol. The first-order valence-electron chi connectivity index (χ1n) is 6.84. The number of hydrogen-bond acceptors (Lipinski definition) is 4. The van der Waals surface area contributed by atoms with Gasteiger partial charge in [-0.15, -0.1) is 0 Å². The Hall–Kier alpha value is -1.59. The molecule has 5 heteroatoms. The lowest BCUT2D eigenvalue weighted by Crippen LogP contribution is -2.13. The van der Waals surface area contributed by atoms with Crippen molar-refractivity contribution in [3.05, 3.63) is 52.6 Å². The maximum Gasteiger partial charge on any atom is 0.126 e. The zero-order valence-corrected chi connectivity index (χ0v) is 13.7. The fourth-order valence-electron chi connectivity index (χ4n) is 1.84. The fourth-order valence-corrected chi connectivity index (χ4v) is 2.07. The number of ether oxygens (including phenoxy) is 1. The van der Waals surface area contributed by atoms with E-state index in [1.807, 2.05) is 50.2 Å². The smallest absolute Gasteiger partial charge is 0.126 e. The van der Waals surface area contributed by atoms with Crippen LogP contribution in [0.5, 0.6) is 5.75 Å². The Morgan fingerprint density at radius 2 is 1.90 bits per heavy atom. The van der Waals surface area contributed by atoms with E-state index >= 15 is 0 Å². The second kappa shape index (κ2) is 7.43. The van der Waals surface area contributed by atoms with E-state index in [2.05, 4.69) is 26.2 Å². The van der Waals surface area contributed by atoms with E-state index in [9.17, 15) is 5.11 Å². The summed E-state index contributed by atoms with van der Waals surface area (Å²) in [7, 11) is 0. The summed E-state index contributed by atoms with van der Waals surface area (Å²) in [6, 6.07) is 11.3. The van der Waals surface area contributed by atoms with E-state index in [0.717, 1.165) is 21.6 Å². The van der Waals surface area contributed by atoms with Crippen LogP contribution in [0.2, 0.25) is 0 Å². The third kappa shape index (κ3) is 5.02. The van der Waals surface area contributed by atoms with Crippen LogP contribution in [0.4, 0.5) is 5.82 Å². The van der Waals surface area contributed by atoms with Crippen LogP contribution < -0.4 is 10.1 Å². The molecule has 1 aromatic heterocycles. The highest BCUT2D eigenvalue weighted by molar-refractivity contribution is 9.10. The van der Waals surface area contributed by atoms with E-state index < -0.39 is 6.10 Å². The highest BCUT2D eigenvalue weighted by atomic mass is 79.9. The third-order valence-electron chi connectivity index (χ3n) is 2.84. The van der Waals surface area contributed by atoms with Gasteiger partial charge in [-0.25, -0.2) is 4.98 Å². The van der Waals surface area contributed by atoms with E-state index in [1.54, 1.807) is 6.20 Å². The van der Waals surface area contributed by atoms with Gasteiger partial charge in [-0.2, -0.15) is 0 Å². The van der Waals surface area contributed by atoms with Crippen LogP contribution in [0, 0.1) is 0 Å². The van der Waals surface area contributed by atoms with Crippen molar-refractivity contribution >= 4 is 21.7 Å². The van der Waals surface area contributed by atoms with Crippen LogP contribution >= 0.6 is 15.9 Å². The number of aromatic nitrogens is 1. The first-order chi connectivity index (χ1) is 10.0. The van der Waals surface area contributed by atoms with Gasteiger partial charge in [-0.3, -0.25) is 0 Å². The van der Waals surface area contributed by atoms with Crippen molar-refractivity contribution in [2.24, 2.45) is 0 Å². The first kappa shape index (κ1) is 15.8. The van der Waals surface area contributed by atoms with E-state index in [0.29, 0.717) is 6.54 Å². The highest BCUT2D eigenvalue weighted by Crippen LogP contribution is 2.19. The van der Waals surface area contributed by atoms with Gasteiger partial charge in [-0.05, 0) is 59.6 Å². The zero-order valence-electron chi connectivity index (χ0n) is 12.1. The molecule has 0 saturated carbocycles. The number of aliphatic hydroxyl groups is 1. The highest BCUT2D eigenvalue weighted by Gasteiger charge is 2.08. The molecule has 2 rings (SSSR count). The number of hydrogen-bond donors (Lipinski definition) is 2. The number of pyridine rings is 1. The van der Waals surface area contributed by atoms with Crippen molar-refractivity contribution < 1.29 is 9.84 Å². The molecule has 1 aromatic carbocycles. The van der Waals surface area contributed by atoms with Crippen molar-refractivity contribution in [2.75, 3.05) is 11.9 Å². The summed E-state index contributed by atoms with van der Waals surface area (Å²) in [5.74, 6) is 1.54. The Kier molecular flexibility index (Phi) is 5.59. The van der Waals surface area contributed by atoms with E-state index in [4.69, 9.17) is 4.74 Å². The molecule has 0 radical (unpaired) electrons. The van der Waals surface area contributed by atoms with Crippen molar-refractivity contribution in [1.82, 2.24) is 4.98 Å².